The molecular formula is C24H19FN4O3. The molecule has 0 radical (unpaired) electrons. The van der Waals surface area contributed by atoms with Crippen molar-refractivity contribution >= 4 is 11.9 Å². The number of carbonyl (C=O) groups excluding carboxylic acids is 1. The van der Waals surface area contributed by atoms with Gasteiger partial charge in [0.1, 0.15) is 5.82 Å². The first-order valence-corrected chi connectivity index (χ1v) is 9.87. The molecule has 0 saturated carbocycles. The summed E-state index contributed by atoms with van der Waals surface area (Å²) < 4.78 is 14.8. The smallest absolute Gasteiger partial charge is 0.305 e. The number of halogens is 1. The molecular weight excluding hydrogens is 411 g/mol. The molecule has 0 aliphatic rings. The predicted octanol–water partition coefficient (Wildman–Crippen LogP) is 4.02. The number of rotatable bonds is 7. The number of nitrogens with one attached hydrogen (secondary N) is 1. The van der Waals surface area contributed by atoms with Gasteiger partial charge < -0.3 is 10.4 Å². The van der Waals surface area contributed by atoms with Crippen LogP contribution < -0.4 is 5.32 Å². The number of carboxylic acids is 1. The highest BCUT2D eigenvalue weighted by molar-refractivity contribution is 5.91. The van der Waals surface area contributed by atoms with Crippen molar-refractivity contribution in [1.82, 2.24) is 20.1 Å². The minimum absolute atomic E-state index is 0.106. The van der Waals surface area contributed by atoms with Crippen molar-refractivity contribution in [3.8, 4) is 17.1 Å². The van der Waals surface area contributed by atoms with E-state index >= 15 is 0 Å². The van der Waals surface area contributed by atoms with Crippen LogP contribution in [0.25, 0.3) is 17.1 Å². The van der Waals surface area contributed by atoms with E-state index in [1.54, 1.807) is 4.68 Å². The number of benzene rings is 3. The van der Waals surface area contributed by atoms with E-state index in [2.05, 4.69) is 15.4 Å². The fraction of sp³-hybridized carbons (Fsp3) is 0.0833. The lowest BCUT2D eigenvalue weighted by Gasteiger charge is -2.16. The van der Waals surface area contributed by atoms with Crippen LogP contribution in [0.1, 0.15) is 28.6 Å². The van der Waals surface area contributed by atoms with E-state index < -0.39 is 23.7 Å². The second-order valence-corrected chi connectivity index (χ2v) is 7.05. The molecule has 0 bridgehead atoms. The summed E-state index contributed by atoms with van der Waals surface area (Å²) in [7, 11) is 0. The first kappa shape index (κ1) is 20.9. The van der Waals surface area contributed by atoms with Crippen LogP contribution in [0.2, 0.25) is 0 Å². The number of amides is 1. The summed E-state index contributed by atoms with van der Waals surface area (Å²) >= 11 is 0. The van der Waals surface area contributed by atoms with Gasteiger partial charge in [0, 0.05) is 5.56 Å². The highest BCUT2D eigenvalue weighted by Gasteiger charge is 2.23. The number of para-hydroxylation sites is 1. The van der Waals surface area contributed by atoms with Crippen LogP contribution in [0.4, 0.5) is 4.39 Å². The van der Waals surface area contributed by atoms with E-state index in [0.29, 0.717) is 11.4 Å². The van der Waals surface area contributed by atoms with Crippen molar-refractivity contribution in [2.24, 2.45) is 0 Å². The minimum atomic E-state index is -1.10. The zero-order valence-corrected chi connectivity index (χ0v) is 16.9. The predicted molar refractivity (Wildman–Crippen MR) is 116 cm³/mol. The second kappa shape index (κ2) is 9.22. The number of hydrogen-bond acceptors (Lipinski definition) is 4. The van der Waals surface area contributed by atoms with Gasteiger partial charge in [0.05, 0.1) is 18.2 Å². The lowest BCUT2D eigenvalue weighted by molar-refractivity contribution is -0.137. The summed E-state index contributed by atoms with van der Waals surface area (Å²) in [5, 5.41) is 16.3. The van der Waals surface area contributed by atoms with Gasteiger partial charge in [0.15, 0.2) is 5.82 Å². The Bertz CT molecular complexity index is 1170. The van der Waals surface area contributed by atoms with Crippen LogP contribution in [0.15, 0.2) is 84.9 Å². The molecule has 7 nitrogen and oxygen atoms in total. The number of carboxylic acid groups (broad SMARTS) is 1. The first-order valence-electron chi connectivity index (χ1n) is 9.87. The van der Waals surface area contributed by atoms with Crippen molar-refractivity contribution in [1.29, 1.82) is 0 Å². The van der Waals surface area contributed by atoms with Crippen LogP contribution >= 0.6 is 0 Å². The number of nitrogens with zero attached hydrogens (tertiary/aromatic N) is 3. The molecule has 4 rings (SSSR count). The molecule has 3 aromatic carbocycles. The molecule has 2 N–H and O–H groups in total. The Morgan fingerprint density at radius 2 is 1.56 bits per heavy atom. The molecule has 32 heavy (non-hydrogen) atoms. The molecule has 0 aliphatic carbocycles. The molecule has 0 unspecified atom stereocenters. The maximum Gasteiger partial charge on any atom is 0.305 e. The Morgan fingerprint density at radius 3 is 2.19 bits per heavy atom. The van der Waals surface area contributed by atoms with Gasteiger partial charge in [0.2, 0.25) is 5.82 Å². The highest BCUT2D eigenvalue weighted by atomic mass is 19.1. The van der Waals surface area contributed by atoms with Crippen molar-refractivity contribution in [2.75, 3.05) is 0 Å². The average Bonchev–Trinajstić information content (AvgIpc) is 3.26. The molecule has 1 atom stereocenters. The molecule has 1 heterocycles. The quantitative estimate of drug-likeness (QED) is 0.462. The zero-order valence-electron chi connectivity index (χ0n) is 16.9. The normalized spacial score (nSPS) is 11.7. The fourth-order valence-electron chi connectivity index (χ4n) is 3.28. The summed E-state index contributed by atoms with van der Waals surface area (Å²) in [5.74, 6) is -1.83. The summed E-state index contributed by atoms with van der Waals surface area (Å²) in [6.07, 6.45) is -0.373. The molecule has 0 aliphatic heterocycles. The average molecular weight is 430 g/mol. The third-order valence-electron chi connectivity index (χ3n) is 4.80. The lowest BCUT2D eigenvalue weighted by atomic mass is 10.0. The maximum absolute atomic E-state index is 13.3. The van der Waals surface area contributed by atoms with Gasteiger partial charge in [-0.3, -0.25) is 9.59 Å². The SMILES string of the molecule is O=C(O)C[C@H](NC(=O)c1nc(-c2ccccc2)n(-c2ccccc2)n1)c1ccc(F)cc1. The number of carbonyl (C=O) groups is 2. The van der Waals surface area contributed by atoms with E-state index in [-0.39, 0.29) is 12.2 Å². The van der Waals surface area contributed by atoms with Gasteiger partial charge in [-0.05, 0) is 29.8 Å². The zero-order chi connectivity index (χ0) is 22.5. The molecule has 160 valence electrons. The number of aliphatic carboxylic acids is 1. The summed E-state index contributed by atoms with van der Waals surface area (Å²) in [6, 6.07) is 23.0. The molecule has 4 aromatic rings. The van der Waals surface area contributed by atoms with Crippen LogP contribution in [0, 0.1) is 5.82 Å². The maximum atomic E-state index is 13.3. The lowest BCUT2D eigenvalue weighted by Crippen LogP contribution is -2.31. The van der Waals surface area contributed by atoms with E-state index in [4.69, 9.17) is 0 Å². The van der Waals surface area contributed by atoms with Gasteiger partial charge in [-0.2, -0.15) is 0 Å². The van der Waals surface area contributed by atoms with Gasteiger partial charge >= 0.3 is 5.97 Å². The number of hydrogen-bond donors (Lipinski definition) is 2. The largest absolute Gasteiger partial charge is 0.481 e. The van der Waals surface area contributed by atoms with Gasteiger partial charge in [-0.15, -0.1) is 5.10 Å². The van der Waals surface area contributed by atoms with Crippen LogP contribution in [-0.4, -0.2) is 31.7 Å². The van der Waals surface area contributed by atoms with Gasteiger partial charge in [-0.1, -0.05) is 60.7 Å². The molecule has 0 fully saturated rings. The Morgan fingerprint density at radius 1 is 0.938 bits per heavy atom. The Labute approximate surface area is 183 Å². The third-order valence-corrected chi connectivity index (χ3v) is 4.80. The number of aromatic nitrogens is 3. The van der Waals surface area contributed by atoms with Crippen molar-refractivity contribution in [3.63, 3.8) is 0 Å². The molecule has 1 amide bonds. The summed E-state index contributed by atoms with van der Waals surface area (Å²) in [5.41, 5.74) is 1.95. The van der Waals surface area contributed by atoms with Crippen molar-refractivity contribution in [3.05, 3.63) is 102 Å². The standard InChI is InChI=1S/C24H19FN4O3/c25-18-13-11-16(12-14-18)20(15-21(30)31)26-24(32)22-27-23(17-7-3-1-4-8-17)29(28-22)19-9-5-2-6-10-19/h1-14,20H,15H2,(H,26,32)(H,30,31)/t20-/m0/s1. The van der Waals surface area contributed by atoms with E-state index in [0.717, 1.165) is 11.3 Å². The fourth-order valence-corrected chi connectivity index (χ4v) is 3.28. The van der Waals surface area contributed by atoms with E-state index in [1.807, 2.05) is 60.7 Å². The van der Waals surface area contributed by atoms with Crippen LogP contribution in [0.5, 0.6) is 0 Å². The van der Waals surface area contributed by atoms with Crippen molar-refractivity contribution in [2.45, 2.75) is 12.5 Å². The van der Waals surface area contributed by atoms with E-state index in [9.17, 15) is 19.1 Å². The molecule has 1 aromatic heterocycles. The minimum Gasteiger partial charge on any atom is -0.481 e. The Balaban J connectivity index is 1.69. The monoisotopic (exact) mass is 430 g/mol. The van der Waals surface area contributed by atoms with E-state index in [1.165, 1.54) is 24.3 Å². The second-order valence-electron chi connectivity index (χ2n) is 7.05. The summed E-state index contributed by atoms with van der Waals surface area (Å²) in [4.78, 5) is 28.8. The third kappa shape index (κ3) is 4.70. The van der Waals surface area contributed by atoms with Crippen molar-refractivity contribution < 1.29 is 19.1 Å². The van der Waals surface area contributed by atoms with Gasteiger partial charge in [-0.25, -0.2) is 14.1 Å². The topological polar surface area (TPSA) is 97.1 Å². The highest BCUT2D eigenvalue weighted by Crippen LogP contribution is 2.22. The summed E-state index contributed by atoms with van der Waals surface area (Å²) in [6.45, 7) is 0. The van der Waals surface area contributed by atoms with Crippen LogP contribution in [0.3, 0.4) is 0 Å². The first-order chi connectivity index (χ1) is 15.5. The molecule has 0 saturated heterocycles. The Hall–Kier alpha value is -4.33. The van der Waals surface area contributed by atoms with Crippen LogP contribution in [-0.2, 0) is 4.79 Å². The van der Waals surface area contributed by atoms with Gasteiger partial charge in [0.25, 0.3) is 5.91 Å². The molecule has 8 heteroatoms. The Kier molecular flexibility index (Phi) is 6.03. The molecule has 0 spiro atoms.